The first-order valence-corrected chi connectivity index (χ1v) is 9.53. The van der Waals surface area contributed by atoms with Crippen LogP contribution in [0, 0.1) is 0 Å². The third-order valence-electron chi connectivity index (χ3n) is 5.44. The molecule has 0 spiro atoms. The van der Waals surface area contributed by atoms with Gasteiger partial charge in [0.25, 0.3) is 0 Å². The van der Waals surface area contributed by atoms with Gasteiger partial charge in [-0.25, -0.2) is 14.5 Å². The molecule has 2 N–H and O–H groups in total. The van der Waals surface area contributed by atoms with E-state index in [1.54, 1.807) is 4.90 Å². The van der Waals surface area contributed by atoms with Crippen LogP contribution >= 0.6 is 0 Å². The van der Waals surface area contributed by atoms with Gasteiger partial charge in [0.05, 0.1) is 26.2 Å². The number of hydrogen-bond acceptors (Lipinski definition) is 2. The molecule has 0 unspecified atom stereocenters. The highest BCUT2D eigenvalue weighted by Crippen LogP contribution is 2.19. The quantitative estimate of drug-likeness (QED) is 0.857. The van der Waals surface area contributed by atoms with E-state index in [0.29, 0.717) is 26.2 Å². The average molecular weight is 365 g/mol. The van der Waals surface area contributed by atoms with E-state index in [9.17, 15) is 9.59 Å². The number of piperazine rings is 1. The third-order valence-corrected chi connectivity index (χ3v) is 5.44. The second-order valence-corrected chi connectivity index (χ2v) is 7.07. The van der Waals surface area contributed by atoms with Crippen molar-refractivity contribution in [1.82, 2.24) is 15.1 Å². The van der Waals surface area contributed by atoms with Crippen LogP contribution in [0.4, 0.5) is 9.59 Å². The lowest BCUT2D eigenvalue weighted by Crippen LogP contribution is -3.15. The fourth-order valence-corrected chi connectivity index (χ4v) is 4.05. The Morgan fingerprint density at radius 2 is 1.44 bits per heavy atom. The fraction of sp³-hybridized carbons (Fsp3) is 0.333. The Kier molecular flexibility index (Phi) is 5.07. The topological polar surface area (TPSA) is 57.1 Å². The molecule has 6 nitrogen and oxygen atoms in total. The molecule has 0 aromatic heterocycles. The van der Waals surface area contributed by atoms with Gasteiger partial charge in [0.2, 0.25) is 0 Å². The van der Waals surface area contributed by atoms with Crippen LogP contribution in [-0.4, -0.2) is 61.1 Å². The number of nitrogens with zero attached hydrogens (tertiary/aromatic N) is 2. The van der Waals surface area contributed by atoms with E-state index in [-0.39, 0.29) is 18.1 Å². The maximum absolute atomic E-state index is 12.6. The van der Waals surface area contributed by atoms with Gasteiger partial charge in [0, 0.05) is 24.2 Å². The predicted molar refractivity (Wildman–Crippen MR) is 102 cm³/mol. The minimum Gasteiger partial charge on any atom is -0.336 e. The standard InChI is InChI=1S/C21H24N4O2/c26-20-22-11-12-25(20)21(27)24-15-13-23(14-16-24)19(17-7-3-1-4-8-17)18-9-5-2-6-10-18/h1-10,19H,11-16H2,(H,22,26)/p+1. The first-order chi connectivity index (χ1) is 13.2. The summed E-state index contributed by atoms with van der Waals surface area (Å²) in [6.07, 6.45) is 0. The molecule has 0 bridgehead atoms. The van der Waals surface area contributed by atoms with Gasteiger partial charge in [-0.2, -0.15) is 0 Å². The maximum atomic E-state index is 12.6. The number of amides is 4. The Balaban J connectivity index is 1.49. The maximum Gasteiger partial charge on any atom is 0.328 e. The zero-order chi connectivity index (χ0) is 18.6. The molecule has 2 heterocycles. The van der Waals surface area contributed by atoms with E-state index in [2.05, 4.69) is 53.8 Å². The Hall–Kier alpha value is -2.86. The van der Waals surface area contributed by atoms with Crippen molar-refractivity contribution < 1.29 is 14.5 Å². The van der Waals surface area contributed by atoms with E-state index < -0.39 is 0 Å². The summed E-state index contributed by atoms with van der Waals surface area (Å²) in [4.78, 5) is 28.9. The van der Waals surface area contributed by atoms with E-state index in [1.165, 1.54) is 20.9 Å². The van der Waals surface area contributed by atoms with Crippen molar-refractivity contribution in [2.45, 2.75) is 6.04 Å². The van der Waals surface area contributed by atoms with Gasteiger partial charge in [0.1, 0.15) is 6.04 Å². The molecule has 140 valence electrons. The number of rotatable bonds is 3. The largest absolute Gasteiger partial charge is 0.336 e. The normalized spacial score (nSPS) is 18.0. The van der Waals surface area contributed by atoms with Gasteiger partial charge in [0.15, 0.2) is 0 Å². The first kappa shape index (κ1) is 17.5. The molecule has 0 atom stereocenters. The number of benzene rings is 2. The van der Waals surface area contributed by atoms with Crippen molar-refractivity contribution in [3.05, 3.63) is 71.8 Å². The highest BCUT2D eigenvalue weighted by atomic mass is 16.2. The molecule has 2 fully saturated rings. The Morgan fingerprint density at radius 1 is 0.889 bits per heavy atom. The lowest BCUT2D eigenvalue weighted by Gasteiger charge is -2.37. The van der Waals surface area contributed by atoms with Crippen LogP contribution in [0.15, 0.2) is 60.7 Å². The van der Waals surface area contributed by atoms with Crippen LogP contribution in [-0.2, 0) is 0 Å². The lowest BCUT2D eigenvalue weighted by molar-refractivity contribution is -0.929. The Labute approximate surface area is 159 Å². The third kappa shape index (κ3) is 3.66. The zero-order valence-electron chi connectivity index (χ0n) is 15.3. The highest BCUT2D eigenvalue weighted by molar-refractivity contribution is 5.94. The van der Waals surface area contributed by atoms with Crippen molar-refractivity contribution in [2.75, 3.05) is 39.3 Å². The second kappa shape index (κ2) is 7.80. The zero-order valence-corrected chi connectivity index (χ0v) is 15.3. The summed E-state index contributed by atoms with van der Waals surface area (Å²) >= 11 is 0. The number of quaternary nitrogens is 1. The number of imide groups is 1. The molecule has 4 rings (SSSR count). The van der Waals surface area contributed by atoms with E-state index >= 15 is 0 Å². The molecular weight excluding hydrogens is 340 g/mol. The van der Waals surface area contributed by atoms with Crippen LogP contribution in [0.2, 0.25) is 0 Å². The molecule has 2 aliphatic heterocycles. The Bertz CT molecular complexity index is 749. The van der Waals surface area contributed by atoms with Gasteiger partial charge in [-0.1, -0.05) is 60.7 Å². The van der Waals surface area contributed by atoms with E-state index in [0.717, 1.165) is 13.1 Å². The average Bonchev–Trinajstić information content (AvgIpc) is 3.16. The van der Waals surface area contributed by atoms with Crippen molar-refractivity contribution in [3.63, 3.8) is 0 Å². The monoisotopic (exact) mass is 365 g/mol. The van der Waals surface area contributed by atoms with Gasteiger partial charge < -0.3 is 15.1 Å². The summed E-state index contributed by atoms with van der Waals surface area (Å²) in [5.74, 6) is 0. The first-order valence-electron chi connectivity index (χ1n) is 9.53. The van der Waals surface area contributed by atoms with Crippen LogP contribution in [0.3, 0.4) is 0 Å². The molecule has 4 amide bonds. The molecule has 2 aromatic rings. The molecule has 0 aliphatic carbocycles. The molecule has 2 aliphatic rings. The van der Waals surface area contributed by atoms with Gasteiger partial charge >= 0.3 is 12.1 Å². The number of hydrogen-bond donors (Lipinski definition) is 2. The summed E-state index contributed by atoms with van der Waals surface area (Å²) in [6, 6.07) is 20.9. The van der Waals surface area contributed by atoms with Crippen molar-refractivity contribution in [2.24, 2.45) is 0 Å². The van der Waals surface area contributed by atoms with Crippen molar-refractivity contribution in [1.29, 1.82) is 0 Å². The second-order valence-electron chi connectivity index (χ2n) is 7.07. The molecule has 2 aromatic carbocycles. The van der Waals surface area contributed by atoms with Crippen LogP contribution in [0.25, 0.3) is 0 Å². The summed E-state index contributed by atoms with van der Waals surface area (Å²) in [6.45, 7) is 4.04. The summed E-state index contributed by atoms with van der Waals surface area (Å²) in [5, 5.41) is 2.69. The van der Waals surface area contributed by atoms with Gasteiger partial charge in [-0.15, -0.1) is 0 Å². The molecule has 2 saturated heterocycles. The summed E-state index contributed by atoms with van der Waals surface area (Å²) in [7, 11) is 0. The fourth-order valence-electron chi connectivity index (χ4n) is 4.05. The van der Waals surface area contributed by atoms with E-state index in [1.807, 2.05) is 12.1 Å². The number of carbonyl (C=O) groups is 2. The number of urea groups is 2. The highest BCUT2D eigenvalue weighted by Gasteiger charge is 2.35. The molecule has 27 heavy (non-hydrogen) atoms. The van der Waals surface area contributed by atoms with Gasteiger partial charge in [-0.3, -0.25) is 0 Å². The van der Waals surface area contributed by atoms with Crippen LogP contribution in [0.5, 0.6) is 0 Å². The summed E-state index contributed by atoms with van der Waals surface area (Å²) in [5.41, 5.74) is 2.58. The van der Waals surface area contributed by atoms with Crippen LogP contribution in [0.1, 0.15) is 17.2 Å². The predicted octanol–water partition coefficient (Wildman–Crippen LogP) is 1.12. The smallest absolute Gasteiger partial charge is 0.328 e. The lowest BCUT2D eigenvalue weighted by atomic mass is 9.96. The molecule has 0 saturated carbocycles. The van der Waals surface area contributed by atoms with Crippen LogP contribution < -0.4 is 10.2 Å². The van der Waals surface area contributed by atoms with Gasteiger partial charge in [-0.05, 0) is 0 Å². The van der Waals surface area contributed by atoms with E-state index in [4.69, 9.17) is 0 Å². The molecule has 0 radical (unpaired) electrons. The minimum absolute atomic E-state index is 0.167. The van der Waals surface area contributed by atoms with Crippen molar-refractivity contribution in [3.8, 4) is 0 Å². The summed E-state index contributed by atoms with van der Waals surface area (Å²) < 4.78 is 0. The molecular formula is C21H25N4O2+. The van der Waals surface area contributed by atoms with Crippen molar-refractivity contribution >= 4 is 12.1 Å². The minimum atomic E-state index is -0.277. The SMILES string of the molecule is O=C1NCCN1C(=O)N1CC[NH+](C(c2ccccc2)c2ccccc2)CC1. The molecule has 6 heteroatoms. The number of carbonyl (C=O) groups excluding carboxylic acids is 2. The number of nitrogens with one attached hydrogen (secondary N) is 2. The Morgan fingerprint density at radius 3 is 1.93 bits per heavy atom.